The van der Waals surface area contributed by atoms with Crippen LogP contribution >= 0.6 is 0 Å². The zero-order valence-corrected chi connectivity index (χ0v) is 23.2. The third kappa shape index (κ3) is 6.47. The van der Waals surface area contributed by atoms with Crippen molar-refractivity contribution in [3.63, 3.8) is 0 Å². The number of fused-ring (bicyclic) bond motifs is 1. The Morgan fingerprint density at radius 2 is 1.98 bits per heavy atom. The van der Waals surface area contributed by atoms with Crippen molar-refractivity contribution in [1.82, 2.24) is 30.1 Å². The number of nitrogens with one attached hydrogen (secondary N) is 2. The number of amides is 2. The van der Waals surface area contributed by atoms with Crippen molar-refractivity contribution in [2.24, 2.45) is 0 Å². The molecule has 0 spiro atoms. The monoisotopic (exact) mass is 535 g/mol. The van der Waals surface area contributed by atoms with E-state index in [-0.39, 0.29) is 12.6 Å². The number of aromatic nitrogens is 3. The standard InChI is InChI=1S/C31H33N7O2/c1-21-16-24(9-12-29(21)40-26-10-7-22(2)33-18-26)36-30-27-17-23(8-11-28(27)34-20-35-30)6-5-14-32-31(39)38-15-13-25(19-38)37(3)4/h7-12,16-18,20,25H,13-15,19H2,1-4H3,(H,32,39)(H,34,35,36). The summed E-state index contributed by atoms with van der Waals surface area (Å²) in [6, 6.07) is 15.9. The minimum atomic E-state index is -0.0701. The molecule has 1 aliphatic heterocycles. The van der Waals surface area contributed by atoms with E-state index in [9.17, 15) is 4.79 Å². The Bertz CT molecular complexity index is 1570. The molecular weight excluding hydrogens is 502 g/mol. The summed E-state index contributed by atoms with van der Waals surface area (Å²) in [5.74, 6) is 8.34. The molecule has 0 radical (unpaired) electrons. The first-order valence-electron chi connectivity index (χ1n) is 13.3. The lowest BCUT2D eigenvalue weighted by molar-refractivity contribution is 0.204. The van der Waals surface area contributed by atoms with E-state index in [1.165, 1.54) is 0 Å². The molecule has 2 amide bonds. The minimum Gasteiger partial charge on any atom is -0.455 e. The average molecular weight is 536 g/mol. The van der Waals surface area contributed by atoms with Gasteiger partial charge in [0.2, 0.25) is 0 Å². The number of carbonyl (C=O) groups is 1. The van der Waals surface area contributed by atoms with Crippen LogP contribution in [0.5, 0.6) is 11.5 Å². The lowest BCUT2D eigenvalue weighted by Crippen LogP contribution is -2.40. The predicted molar refractivity (Wildman–Crippen MR) is 157 cm³/mol. The van der Waals surface area contributed by atoms with E-state index in [0.717, 1.165) is 58.7 Å². The lowest BCUT2D eigenvalue weighted by Gasteiger charge is -2.20. The predicted octanol–water partition coefficient (Wildman–Crippen LogP) is 4.87. The number of pyridine rings is 1. The van der Waals surface area contributed by atoms with E-state index in [4.69, 9.17) is 4.74 Å². The number of hydrogen-bond donors (Lipinski definition) is 2. The fraction of sp³-hybridized carbons (Fsp3) is 0.290. The Morgan fingerprint density at radius 1 is 1.10 bits per heavy atom. The molecule has 40 heavy (non-hydrogen) atoms. The second-order valence-electron chi connectivity index (χ2n) is 10.1. The van der Waals surface area contributed by atoms with Crippen LogP contribution < -0.4 is 15.4 Å². The highest BCUT2D eigenvalue weighted by atomic mass is 16.5. The van der Waals surface area contributed by atoms with Gasteiger partial charge in [-0.2, -0.15) is 0 Å². The maximum absolute atomic E-state index is 12.5. The normalized spacial score (nSPS) is 14.6. The van der Waals surface area contributed by atoms with Gasteiger partial charge in [-0.25, -0.2) is 14.8 Å². The molecule has 2 aromatic heterocycles. The Hall–Kier alpha value is -4.68. The van der Waals surface area contributed by atoms with E-state index in [1.807, 2.05) is 81.4 Å². The molecule has 1 atom stereocenters. The zero-order chi connectivity index (χ0) is 28.1. The molecule has 5 rings (SSSR count). The molecule has 1 fully saturated rings. The van der Waals surface area contributed by atoms with Crippen LogP contribution in [-0.4, -0.2) is 70.6 Å². The van der Waals surface area contributed by atoms with E-state index in [0.29, 0.717) is 17.6 Å². The molecule has 204 valence electrons. The van der Waals surface area contributed by atoms with Crippen LogP contribution in [0, 0.1) is 25.7 Å². The lowest BCUT2D eigenvalue weighted by atomic mass is 10.1. The number of urea groups is 1. The second-order valence-corrected chi connectivity index (χ2v) is 10.1. The van der Waals surface area contributed by atoms with E-state index < -0.39 is 0 Å². The van der Waals surface area contributed by atoms with Crippen molar-refractivity contribution in [3.05, 3.63) is 77.9 Å². The number of carbonyl (C=O) groups excluding carboxylic acids is 1. The Balaban J connectivity index is 1.24. The van der Waals surface area contributed by atoms with Gasteiger partial charge in [0.05, 0.1) is 18.3 Å². The Morgan fingerprint density at radius 3 is 2.73 bits per heavy atom. The van der Waals surface area contributed by atoms with E-state index in [2.05, 4.69) is 42.3 Å². The highest BCUT2D eigenvalue weighted by molar-refractivity contribution is 5.91. The number of benzene rings is 2. The van der Waals surface area contributed by atoms with Gasteiger partial charge in [-0.05, 0) is 88.5 Å². The van der Waals surface area contributed by atoms with Crippen molar-refractivity contribution >= 4 is 28.4 Å². The van der Waals surface area contributed by atoms with Gasteiger partial charge >= 0.3 is 6.03 Å². The van der Waals surface area contributed by atoms with Gasteiger partial charge < -0.3 is 25.2 Å². The third-order valence-electron chi connectivity index (χ3n) is 6.93. The quantitative estimate of drug-likeness (QED) is 0.340. The van der Waals surface area contributed by atoms with Crippen LogP contribution in [0.15, 0.2) is 61.1 Å². The molecule has 1 unspecified atom stereocenters. The molecule has 0 saturated carbocycles. The van der Waals surface area contributed by atoms with E-state index >= 15 is 0 Å². The molecule has 4 aromatic rings. The van der Waals surface area contributed by atoms with Gasteiger partial charge in [0, 0.05) is 41.5 Å². The highest BCUT2D eigenvalue weighted by Crippen LogP contribution is 2.30. The molecule has 2 aromatic carbocycles. The first-order chi connectivity index (χ1) is 19.4. The fourth-order valence-corrected chi connectivity index (χ4v) is 4.58. The van der Waals surface area contributed by atoms with Crippen LogP contribution in [0.1, 0.15) is 23.2 Å². The molecular formula is C31H33N7O2. The Kier molecular flexibility index (Phi) is 8.08. The maximum Gasteiger partial charge on any atom is 0.318 e. The van der Waals surface area contributed by atoms with Crippen LogP contribution in [0.3, 0.4) is 0 Å². The van der Waals surface area contributed by atoms with Crippen LogP contribution in [-0.2, 0) is 0 Å². The summed E-state index contributed by atoms with van der Waals surface area (Å²) in [5, 5.41) is 7.17. The summed E-state index contributed by atoms with van der Waals surface area (Å²) in [5.41, 5.74) is 4.43. The second kappa shape index (κ2) is 12.0. The van der Waals surface area contributed by atoms with Crippen molar-refractivity contribution in [2.45, 2.75) is 26.3 Å². The molecule has 0 aliphatic carbocycles. The van der Waals surface area contributed by atoms with Crippen LogP contribution in [0.25, 0.3) is 10.9 Å². The largest absolute Gasteiger partial charge is 0.455 e. The van der Waals surface area contributed by atoms with Crippen molar-refractivity contribution in [3.8, 4) is 23.3 Å². The number of anilines is 2. The van der Waals surface area contributed by atoms with Gasteiger partial charge in [0.15, 0.2) is 0 Å². The molecule has 9 heteroatoms. The molecule has 3 heterocycles. The van der Waals surface area contributed by atoms with Crippen molar-refractivity contribution < 1.29 is 9.53 Å². The molecule has 1 aliphatic rings. The maximum atomic E-state index is 12.5. The number of likely N-dealkylation sites (tertiary alicyclic amines) is 1. The number of hydrogen-bond acceptors (Lipinski definition) is 7. The van der Waals surface area contributed by atoms with Crippen LogP contribution in [0.2, 0.25) is 0 Å². The van der Waals surface area contributed by atoms with Gasteiger partial charge in [0.1, 0.15) is 23.6 Å². The fourth-order valence-electron chi connectivity index (χ4n) is 4.58. The summed E-state index contributed by atoms with van der Waals surface area (Å²) in [4.78, 5) is 29.6. The van der Waals surface area contributed by atoms with Gasteiger partial charge in [-0.15, -0.1) is 0 Å². The average Bonchev–Trinajstić information content (AvgIpc) is 3.45. The zero-order valence-electron chi connectivity index (χ0n) is 23.2. The number of rotatable bonds is 6. The topological polar surface area (TPSA) is 95.5 Å². The number of ether oxygens (including phenoxy) is 1. The Labute approximate surface area is 234 Å². The SMILES string of the molecule is Cc1ccc(Oc2ccc(Nc3ncnc4ccc(C#CCNC(=O)N5CCC(N(C)C)C5)cc34)cc2C)cn1. The molecule has 2 N–H and O–H groups in total. The van der Waals surface area contributed by atoms with Gasteiger partial charge in [0.25, 0.3) is 0 Å². The first-order valence-corrected chi connectivity index (χ1v) is 13.3. The number of nitrogens with zero attached hydrogens (tertiary/aromatic N) is 5. The molecule has 0 bridgehead atoms. The smallest absolute Gasteiger partial charge is 0.318 e. The third-order valence-corrected chi connectivity index (χ3v) is 6.93. The molecule has 1 saturated heterocycles. The highest BCUT2D eigenvalue weighted by Gasteiger charge is 2.26. The molecule has 9 nitrogen and oxygen atoms in total. The van der Waals surface area contributed by atoms with Crippen LogP contribution in [0.4, 0.5) is 16.3 Å². The summed E-state index contributed by atoms with van der Waals surface area (Å²) < 4.78 is 6.00. The van der Waals surface area contributed by atoms with Crippen molar-refractivity contribution in [1.29, 1.82) is 0 Å². The summed E-state index contributed by atoms with van der Waals surface area (Å²) >= 11 is 0. The van der Waals surface area contributed by atoms with Crippen molar-refractivity contribution in [2.75, 3.05) is 39.0 Å². The van der Waals surface area contributed by atoms with Gasteiger partial charge in [-0.1, -0.05) is 11.8 Å². The van der Waals surface area contributed by atoms with E-state index in [1.54, 1.807) is 12.5 Å². The summed E-state index contributed by atoms with van der Waals surface area (Å²) in [6.45, 7) is 5.73. The summed E-state index contributed by atoms with van der Waals surface area (Å²) in [6.07, 6.45) is 4.25. The number of likely N-dealkylation sites (N-methyl/N-ethyl adjacent to an activating group) is 1. The number of aryl methyl sites for hydroxylation is 2. The minimum absolute atomic E-state index is 0.0701. The summed E-state index contributed by atoms with van der Waals surface area (Å²) in [7, 11) is 4.09. The van der Waals surface area contributed by atoms with Gasteiger partial charge in [-0.3, -0.25) is 4.98 Å². The first kappa shape index (κ1) is 26.9.